The van der Waals surface area contributed by atoms with Crippen molar-refractivity contribution in [3.63, 3.8) is 0 Å². The lowest BCUT2D eigenvalue weighted by molar-refractivity contribution is -0.145. The number of aliphatic hydroxyl groups excluding tert-OH is 2. The third kappa shape index (κ3) is 6.76. The van der Waals surface area contributed by atoms with Crippen LogP contribution < -0.4 is 10.6 Å². The molecule has 0 heterocycles. The molecule has 0 spiro atoms. The van der Waals surface area contributed by atoms with Gasteiger partial charge in [0, 0.05) is 13.1 Å². The summed E-state index contributed by atoms with van der Waals surface area (Å²) in [7, 11) is 0. The Balaban J connectivity index is 1.64. The number of rotatable bonds is 8. The van der Waals surface area contributed by atoms with Gasteiger partial charge in [0.05, 0.1) is 0 Å². The highest BCUT2D eigenvalue weighted by atomic mass is 16.8. The molecule has 128 valence electrons. The molecular formula is C17H20N2O5. The molecule has 2 aromatic rings. The first-order valence-electron chi connectivity index (χ1n) is 7.41. The van der Waals surface area contributed by atoms with E-state index in [1.54, 1.807) is 0 Å². The molecule has 0 amide bonds. The second-order valence-corrected chi connectivity index (χ2v) is 4.92. The lowest BCUT2D eigenvalue weighted by Crippen LogP contribution is -2.37. The van der Waals surface area contributed by atoms with Crippen LogP contribution in [0.4, 0.5) is 4.79 Å². The summed E-state index contributed by atoms with van der Waals surface area (Å²) in [6, 6.07) is 18.6. The molecule has 2 unspecified atom stereocenters. The van der Waals surface area contributed by atoms with Gasteiger partial charge in [-0.05, 0) is 11.1 Å². The van der Waals surface area contributed by atoms with E-state index in [1.807, 2.05) is 60.7 Å². The quantitative estimate of drug-likeness (QED) is 0.427. The minimum atomic E-state index is -1.54. The molecule has 7 nitrogen and oxygen atoms in total. The van der Waals surface area contributed by atoms with Crippen LogP contribution in [0.5, 0.6) is 0 Å². The second kappa shape index (κ2) is 9.64. The Labute approximate surface area is 139 Å². The largest absolute Gasteiger partial charge is 0.514 e. The Morgan fingerprint density at radius 2 is 1.17 bits per heavy atom. The van der Waals surface area contributed by atoms with Gasteiger partial charge in [0.2, 0.25) is 0 Å². The summed E-state index contributed by atoms with van der Waals surface area (Å²) in [5.41, 5.74) is 1.83. The average molecular weight is 332 g/mol. The fraction of sp³-hybridized carbons (Fsp3) is 0.235. The summed E-state index contributed by atoms with van der Waals surface area (Å²) in [5.74, 6) is 0. The minimum Gasteiger partial charge on any atom is -0.390 e. The van der Waals surface area contributed by atoms with Crippen molar-refractivity contribution in [2.75, 3.05) is 0 Å². The molecule has 0 bridgehead atoms. The van der Waals surface area contributed by atoms with Gasteiger partial charge in [-0.3, -0.25) is 10.6 Å². The maximum atomic E-state index is 11.4. The zero-order valence-electron chi connectivity index (χ0n) is 13.0. The van der Waals surface area contributed by atoms with Gasteiger partial charge in [0.15, 0.2) is 0 Å². The lowest BCUT2D eigenvalue weighted by atomic mass is 10.2. The zero-order valence-corrected chi connectivity index (χ0v) is 13.0. The molecule has 0 aliphatic heterocycles. The number of aliphatic hydroxyl groups is 2. The Hall–Kier alpha value is -2.45. The predicted molar refractivity (Wildman–Crippen MR) is 86.1 cm³/mol. The maximum Gasteiger partial charge on any atom is 0.514 e. The third-order valence-electron chi connectivity index (χ3n) is 3.06. The van der Waals surface area contributed by atoms with Crippen LogP contribution in [0, 0.1) is 0 Å². The van der Waals surface area contributed by atoms with Crippen LogP contribution in [0.25, 0.3) is 0 Å². The van der Waals surface area contributed by atoms with Gasteiger partial charge in [0.1, 0.15) is 0 Å². The topological polar surface area (TPSA) is 100 Å². The van der Waals surface area contributed by atoms with Gasteiger partial charge in [-0.15, -0.1) is 0 Å². The van der Waals surface area contributed by atoms with Gasteiger partial charge in [-0.2, -0.15) is 0 Å². The van der Waals surface area contributed by atoms with Crippen molar-refractivity contribution in [1.82, 2.24) is 10.6 Å². The van der Waals surface area contributed by atoms with Crippen LogP contribution in [-0.4, -0.2) is 29.2 Å². The number of ether oxygens (including phenoxy) is 2. The van der Waals surface area contributed by atoms with Crippen LogP contribution in [0.1, 0.15) is 11.1 Å². The van der Waals surface area contributed by atoms with Crippen LogP contribution in [0.2, 0.25) is 0 Å². The monoisotopic (exact) mass is 332 g/mol. The number of hydrogen-bond donors (Lipinski definition) is 4. The molecule has 0 aromatic heterocycles. The molecular weight excluding hydrogens is 312 g/mol. The van der Waals surface area contributed by atoms with Crippen molar-refractivity contribution in [2.45, 2.75) is 25.9 Å². The van der Waals surface area contributed by atoms with Crippen molar-refractivity contribution in [1.29, 1.82) is 0 Å². The molecule has 0 fully saturated rings. The summed E-state index contributed by atoms with van der Waals surface area (Å²) in [4.78, 5) is 11.4. The van der Waals surface area contributed by atoms with Gasteiger partial charge >= 0.3 is 6.16 Å². The van der Waals surface area contributed by atoms with Gasteiger partial charge < -0.3 is 19.7 Å². The number of nitrogens with one attached hydrogen (secondary N) is 2. The Morgan fingerprint density at radius 3 is 1.54 bits per heavy atom. The standard InChI is InChI=1S/C17H20N2O5/c20-15(18-11-13-7-3-1-4-8-13)23-17(22)24-16(21)19-12-14-9-5-2-6-10-14/h1-10,15-16,18-21H,11-12H2. The highest BCUT2D eigenvalue weighted by Gasteiger charge is 2.16. The van der Waals surface area contributed by atoms with Crippen molar-refractivity contribution in [3.05, 3.63) is 71.8 Å². The van der Waals surface area contributed by atoms with E-state index in [0.717, 1.165) is 11.1 Å². The summed E-state index contributed by atoms with van der Waals surface area (Å²) < 4.78 is 9.16. The third-order valence-corrected chi connectivity index (χ3v) is 3.06. The van der Waals surface area contributed by atoms with Gasteiger partial charge in [-0.1, -0.05) is 60.7 Å². The SMILES string of the molecule is O=C(OC(O)NCc1ccccc1)OC(O)NCc1ccccc1. The zero-order chi connectivity index (χ0) is 17.2. The van der Waals surface area contributed by atoms with Crippen molar-refractivity contribution in [3.8, 4) is 0 Å². The Kier molecular flexibility index (Phi) is 7.19. The highest BCUT2D eigenvalue weighted by molar-refractivity contribution is 5.60. The fourth-order valence-electron chi connectivity index (χ4n) is 1.90. The van der Waals surface area contributed by atoms with E-state index in [-0.39, 0.29) is 0 Å². The number of benzene rings is 2. The summed E-state index contributed by atoms with van der Waals surface area (Å²) in [5, 5.41) is 24.3. The molecule has 2 rings (SSSR count). The first-order valence-corrected chi connectivity index (χ1v) is 7.41. The van der Waals surface area contributed by atoms with Crippen molar-refractivity contribution < 1.29 is 24.5 Å². The minimum absolute atomic E-state index is 0.310. The Bertz CT molecular complexity index is 555. The molecule has 0 saturated heterocycles. The van der Waals surface area contributed by atoms with E-state index in [1.165, 1.54) is 0 Å². The predicted octanol–water partition coefficient (Wildman–Crippen LogP) is 1.27. The molecule has 24 heavy (non-hydrogen) atoms. The lowest BCUT2D eigenvalue weighted by Gasteiger charge is -2.16. The first-order chi connectivity index (χ1) is 11.6. The highest BCUT2D eigenvalue weighted by Crippen LogP contribution is 2.00. The molecule has 0 aliphatic carbocycles. The first kappa shape index (κ1) is 17.9. The van der Waals surface area contributed by atoms with E-state index in [4.69, 9.17) is 0 Å². The molecule has 0 aliphatic rings. The average Bonchev–Trinajstić information content (AvgIpc) is 2.60. The van der Waals surface area contributed by atoms with E-state index >= 15 is 0 Å². The summed E-state index contributed by atoms with van der Waals surface area (Å²) in [6.07, 6.45) is -4.28. The molecule has 0 radical (unpaired) electrons. The summed E-state index contributed by atoms with van der Waals surface area (Å²) >= 11 is 0. The van der Waals surface area contributed by atoms with Crippen LogP contribution in [-0.2, 0) is 22.6 Å². The normalized spacial score (nSPS) is 13.1. The number of carbonyl (C=O) groups excluding carboxylic acids is 1. The van der Waals surface area contributed by atoms with E-state index < -0.39 is 19.0 Å². The van der Waals surface area contributed by atoms with Gasteiger partial charge in [-0.25, -0.2) is 4.79 Å². The van der Waals surface area contributed by atoms with Gasteiger partial charge in [0.25, 0.3) is 12.8 Å². The molecule has 4 N–H and O–H groups in total. The number of hydrogen-bond acceptors (Lipinski definition) is 7. The van der Waals surface area contributed by atoms with E-state index in [2.05, 4.69) is 20.1 Å². The second-order valence-electron chi connectivity index (χ2n) is 4.92. The number of carbonyl (C=O) groups is 1. The van der Waals surface area contributed by atoms with Crippen LogP contribution in [0.15, 0.2) is 60.7 Å². The van der Waals surface area contributed by atoms with Crippen LogP contribution in [0.3, 0.4) is 0 Å². The molecule has 2 atom stereocenters. The van der Waals surface area contributed by atoms with E-state index in [9.17, 15) is 15.0 Å². The van der Waals surface area contributed by atoms with Crippen molar-refractivity contribution >= 4 is 6.16 Å². The van der Waals surface area contributed by atoms with Crippen LogP contribution >= 0.6 is 0 Å². The molecule has 0 saturated carbocycles. The summed E-state index contributed by atoms with van der Waals surface area (Å²) in [6.45, 7) is 0.619. The fourth-order valence-corrected chi connectivity index (χ4v) is 1.90. The molecule has 2 aromatic carbocycles. The smallest absolute Gasteiger partial charge is 0.390 e. The Morgan fingerprint density at radius 1 is 0.792 bits per heavy atom. The van der Waals surface area contributed by atoms with E-state index in [0.29, 0.717) is 13.1 Å². The maximum absolute atomic E-state index is 11.4. The van der Waals surface area contributed by atoms with Crippen molar-refractivity contribution in [2.24, 2.45) is 0 Å². The molecule has 7 heteroatoms.